The van der Waals surface area contributed by atoms with Gasteiger partial charge in [0.15, 0.2) is 6.10 Å². The highest BCUT2D eigenvalue weighted by molar-refractivity contribution is 7.10. The zero-order valence-electron chi connectivity index (χ0n) is 11.9. The summed E-state index contributed by atoms with van der Waals surface area (Å²) in [6.07, 6.45) is -1.28. The van der Waals surface area contributed by atoms with E-state index in [0.717, 1.165) is 13.0 Å². The van der Waals surface area contributed by atoms with Crippen LogP contribution in [0.4, 0.5) is 0 Å². The molecule has 2 heterocycles. The molecule has 1 aromatic heterocycles. The maximum absolute atomic E-state index is 9.72. The summed E-state index contributed by atoms with van der Waals surface area (Å²) in [6, 6.07) is 2.21. The van der Waals surface area contributed by atoms with Crippen molar-refractivity contribution in [2.45, 2.75) is 25.2 Å². The molecule has 1 aromatic rings. The van der Waals surface area contributed by atoms with Crippen molar-refractivity contribution in [2.75, 3.05) is 20.7 Å². The Morgan fingerprint density at radius 1 is 1.48 bits per heavy atom. The van der Waals surface area contributed by atoms with Crippen molar-refractivity contribution in [3.63, 3.8) is 0 Å². The number of fused-ring (bicyclic) bond motifs is 1. The van der Waals surface area contributed by atoms with Gasteiger partial charge in [0.1, 0.15) is 6.23 Å². The van der Waals surface area contributed by atoms with E-state index >= 15 is 0 Å². The van der Waals surface area contributed by atoms with E-state index in [1.807, 2.05) is 0 Å². The van der Waals surface area contributed by atoms with E-state index in [2.05, 4.69) is 30.4 Å². The van der Waals surface area contributed by atoms with Gasteiger partial charge in [-0.1, -0.05) is 0 Å². The van der Waals surface area contributed by atoms with Gasteiger partial charge in [-0.25, -0.2) is 4.79 Å². The van der Waals surface area contributed by atoms with Crippen LogP contribution < -0.4 is 0 Å². The molecule has 0 fully saturated rings. The molecule has 3 N–H and O–H groups in total. The lowest BCUT2D eigenvalue weighted by Gasteiger charge is -2.28. The molecule has 2 atom stereocenters. The molecule has 0 bridgehead atoms. The van der Waals surface area contributed by atoms with Crippen LogP contribution in [0.5, 0.6) is 0 Å². The molecule has 0 radical (unpaired) electrons. The number of hydrogen-bond donors (Lipinski definition) is 3. The van der Waals surface area contributed by atoms with Gasteiger partial charge >= 0.3 is 11.9 Å². The Kier molecular flexibility index (Phi) is 6.76. The largest absolute Gasteiger partial charge is 0.481 e. The summed E-state index contributed by atoms with van der Waals surface area (Å²) in [4.78, 5) is 22.9. The predicted molar refractivity (Wildman–Crippen MR) is 76.3 cm³/mol. The third kappa shape index (κ3) is 5.43. The van der Waals surface area contributed by atoms with E-state index < -0.39 is 24.5 Å². The van der Waals surface area contributed by atoms with E-state index in [9.17, 15) is 9.59 Å². The molecule has 2 rings (SSSR count). The van der Waals surface area contributed by atoms with Gasteiger partial charge in [0.05, 0.1) is 17.9 Å². The highest BCUT2D eigenvalue weighted by Crippen LogP contribution is 2.32. The van der Waals surface area contributed by atoms with Crippen LogP contribution in [0.1, 0.15) is 23.1 Å². The molecule has 21 heavy (non-hydrogen) atoms. The Bertz CT molecular complexity index is 487. The molecule has 1 aliphatic rings. The minimum Gasteiger partial charge on any atom is -0.481 e. The third-order valence-electron chi connectivity index (χ3n) is 2.77. The molecule has 0 saturated carbocycles. The van der Waals surface area contributed by atoms with Crippen molar-refractivity contribution in [1.29, 1.82) is 0 Å². The topological polar surface area (TPSA) is 107 Å². The van der Waals surface area contributed by atoms with Gasteiger partial charge in [0, 0.05) is 0 Å². The molecule has 0 spiro atoms. The minimum atomic E-state index is -1.79. The lowest BCUT2D eigenvalue weighted by molar-refractivity contribution is -0.152. The maximum atomic E-state index is 9.72. The first-order chi connectivity index (χ1) is 9.82. The van der Waals surface area contributed by atoms with Crippen molar-refractivity contribution in [3.05, 3.63) is 21.9 Å². The third-order valence-corrected chi connectivity index (χ3v) is 3.76. The summed E-state index contributed by atoms with van der Waals surface area (Å²) in [5.74, 6) is -2.85. The predicted octanol–water partition coefficient (Wildman–Crippen LogP) is 0.788. The Morgan fingerprint density at radius 3 is 2.62 bits per heavy atom. The zero-order chi connectivity index (χ0) is 16.0. The number of aliphatic carboxylic acids is 2. The van der Waals surface area contributed by atoms with Crippen LogP contribution in [0.2, 0.25) is 0 Å². The van der Waals surface area contributed by atoms with Crippen molar-refractivity contribution in [1.82, 2.24) is 4.90 Å². The average Bonchev–Trinajstić information content (AvgIpc) is 2.86. The van der Waals surface area contributed by atoms with E-state index in [-0.39, 0.29) is 6.23 Å². The first kappa shape index (κ1) is 17.6. The second kappa shape index (κ2) is 8.08. The molecular formula is C13H19NO6S. The Balaban J connectivity index is 0.000000222. The fraction of sp³-hybridized carbons (Fsp3) is 0.538. The Hall–Kier alpha value is -1.48. The van der Waals surface area contributed by atoms with Crippen LogP contribution in [0.25, 0.3) is 0 Å². The van der Waals surface area contributed by atoms with Gasteiger partial charge in [-0.3, -0.25) is 9.69 Å². The van der Waals surface area contributed by atoms with Crippen LogP contribution in [0.3, 0.4) is 0 Å². The monoisotopic (exact) mass is 317 g/mol. The molecule has 7 nitrogen and oxygen atoms in total. The highest BCUT2D eigenvalue weighted by atomic mass is 32.1. The number of hydrogen-bond acceptors (Lipinski definition) is 6. The van der Waals surface area contributed by atoms with Gasteiger partial charge in [-0.15, -0.1) is 11.3 Å². The maximum Gasteiger partial charge on any atom is 0.333 e. The van der Waals surface area contributed by atoms with Crippen LogP contribution >= 0.6 is 11.3 Å². The lowest BCUT2D eigenvalue weighted by atomic mass is 10.1. The summed E-state index contributed by atoms with van der Waals surface area (Å²) >= 11 is 1.80. The first-order valence-corrected chi connectivity index (χ1v) is 7.17. The number of carboxylic acids is 2. The Labute approximate surface area is 126 Å². The molecular weight excluding hydrogens is 298 g/mol. The molecule has 118 valence electrons. The number of carbonyl (C=O) groups is 2. The molecule has 0 amide bonds. The fourth-order valence-corrected chi connectivity index (χ4v) is 2.86. The molecule has 0 aromatic carbocycles. The van der Waals surface area contributed by atoms with Crippen LogP contribution in [-0.2, 0) is 20.7 Å². The SMILES string of the molecule is CN(C)[C@H]1OCCc2ccsc21.O=C(O)CC(O)C(=O)O. The number of rotatable bonds is 4. The average molecular weight is 317 g/mol. The minimum absolute atomic E-state index is 0.189. The summed E-state index contributed by atoms with van der Waals surface area (Å²) < 4.78 is 5.66. The van der Waals surface area contributed by atoms with Crippen molar-refractivity contribution >= 4 is 23.3 Å². The first-order valence-electron chi connectivity index (χ1n) is 6.30. The zero-order valence-corrected chi connectivity index (χ0v) is 12.7. The van der Waals surface area contributed by atoms with E-state index in [1.165, 1.54) is 10.4 Å². The smallest absolute Gasteiger partial charge is 0.333 e. The second-order valence-corrected chi connectivity index (χ2v) is 5.65. The number of carboxylic acid groups (broad SMARTS) is 2. The number of nitrogens with zero attached hydrogens (tertiary/aromatic N) is 1. The fourth-order valence-electron chi connectivity index (χ4n) is 1.76. The van der Waals surface area contributed by atoms with Gasteiger partial charge in [-0.2, -0.15) is 0 Å². The Morgan fingerprint density at radius 2 is 2.14 bits per heavy atom. The molecule has 1 unspecified atom stereocenters. The van der Waals surface area contributed by atoms with Gasteiger partial charge in [-0.05, 0) is 37.5 Å². The second-order valence-electron chi connectivity index (χ2n) is 4.70. The van der Waals surface area contributed by atoms with Crippen LogP contribution in [0, 0.1) is 0 Å². The van der Waals surface area contributed by atoms with Crippen molar-refractivity contribution in [3.8, 4) is 0 Å². The molecule has 8 heteroatoms. The van der Waals surface area contributed by atoms with E-state index in [0.29, 0.717) is 0 Å². The van der Waals surface area contributed by atoms with E-state index in [4.69, 9.17) is 20.1 Å². The highest BCUT2D eigenvalue weighted by Gasteiger charge is 2.23. The van der Waals surface area contributed by atoms with Crippen LogP contribution in [0.15, 0.2) is 11.4 Å². The summed E-state index contributed by atoms with van der Waals surface area (Å²) in [5, 5.41) is 26.3. The van der Waals surface area contributed by atoms with Gasteiger partial charge in [0.2, 0.25) is 0 Å². The van der Waals surface area contributed by atoms with Crippen molar-refractivity contribution in [2.24, 2.45) is 0 Å². The number of ether oxygens (including phenoxy) is 1. The quantitative estimate of drug-likeness (QED) is 0.753. The lowest BCUT2D eigenvalue weighted by Crippen LogP contribution is -2.26. The standard InChI is InChI=1S/C9H13NOS.C4H6O5/c1-10(2)9-8-7(3-5-11-9)4-6-12-8;5-2(4(8)9)1-3(6)7/h4,6,9H,3,5H2,1-2H3;2,5H,1H2,(H,6,7)(H,8,9)/t9-;/m0./s1. The molecule has 0 aliphatic carbocycles. The summed E-state index contributed by atoms with van der Waals surface area (Å²) in [7, 11) is 4.11. The van der Waals surface area contributed by atoms with E-state index in [1.54, 1.807) is 11.3 Å². The van der Waals surface area contributed by atoms with Crippen LogP contribution in [-0.4, -0.2) is 59.0 Å². The number of aliphatic hydroxyl groups is 1. The van der Waals surface area contributed by atoms with Crippen molar-refractivity contribution < 1.29 is 29.6 Å². The summed E-state index contributed by atoms with van der Waals surface area (Å²) in [6.45, 7) is 0.854. The normalized spacial score (nSPS) is 18.4. The number of thiophene rings is 1. The summed E-state index contributed by atoms with van der Waals surface area (Å²) in [5.41, 5.74) is 1.46. The van der Waals surface area contributed by atoms with Gasteiger partial charge in [0.25, 0.3) is 0 Å². The molecule has 0 saturated heterocycles. The van der Waals surface area contributed by atoms with Gasteiger partial charge < -0.3 is 20.1 Å². The molecule has 1 aliphatic heterocycles. The number of aliphatic hydroxyl groups excluding tert-OH is 1.